The van der Waals surface area contributed by atoms with Crippen molar-refractivity contribution in [2.45, 2.75) is 51.6 Å². The van der Waals surface area contributed by atoms with Crippen molar-refractivity contribution in [2.24, 2.45) is 5.92 Å². The highest BCUT2D eigenvalue weighted by Gasteiger charge is 2.32. The Morgan fingerprint density at radius 2 is 2.21 bits per heavy atom. The third-order valence-corrected chi connectivity index (χ3v) is 4.13. The summed E-state index contributed by atoms with van der Waals surface area (Å²) in [5, 5.41) is 8.67. The summed E-state index contributed by atoms with van der Waals surface area (Å²) >= 11 is 1.81. The van der Waals surface area contributed by atoms with Gasteiger partial charge in [0.15, 0.2) is 0 Å². The van der Waals surface area contributed by atoms with Crippen molar-refractivity contribution >= 4 is 17.2 Å². The molecule has 1 aromatic rings. The molecule has 2 N–H and O–H groups in total. The largest absolute Gasteiger partial charge is 0.351 e. The molecule has 106 valence electrons. The lowest BCUT2D eigenvalue weighted by atomic mass is 10.1. The van der Waals surface area contributed by atoms with Gasteiger partial charge in [0.25, 0.3) is 0 Å². The van der Waals surface area contributed by atoms with E-state index < -0.39 is 0 Å². The molecule has 1 atom stereocenters. The van der Waals surface area contributed by atoms with Gasteiger partial charge < -0.3 is 10.6 Å². The van der Waals surface area contributed by atoms with Gasteiger partial charge in [0.1, 0.15) is 0 Å². The van der Waals surface area contributed by atoms with E-state index in [4.69, 9.17) is 0 Å². The van der Waals surface area contributed by atoms with E-state index >= 15 is 0 Å². The second-order valence-corrected chi connectivity index (χ2v) is 7.31. The zero-order chi connectivity index (χ0) is 13.9. The molecule has 1 aromatic heterocycles. The fraction of sp³-hybridized carbons (Fsp3) is 0.667. The van der Waals surface area contributed by atoms with Crippen molar-refractivity contribution in [3.8, 4) is 0 Å². The average molecular weight is 280 g/mol. The highest BCUT2D eigenvalue weighted by atomic mass is 32.1. The first-order valence-corrected chi connectivity index (χ1v) is 7.91. The van der Waals surface area contributed by atoms with Gasteiger partial charge in [-0.1, -0.05) is 6.07 Å². The maximum atomic E-state index is 11.8. The molecule has 1 aliphatic rings. The van der Waals surface area contributed by atoms with Gasteiger partial charge in [0, 0.05) is 29.4 Å². The van der Waals surface area contributed by atoms with E-state index in [1.807, 2.05) is 20.8 Å². The Balaban J connectivity index is 1.76. The zero-order valence-electron chi connectivity index (χ0n) is 12.0. The number of hydrogen-bond acceptors (Lipinski definition) is 3. The van der Waals surface area contributed by atoms with Gasteiger partial charge in [-0.3, -0.25) is 4.79 Å². The van der Waals surface area contributed by atoms with Crippen LogP contribution < -0.4 is 10.6 Å². The van der Waals surface area contributed by atoms with Crippen LogP contribution in [-0.2, 0) is 4.79 Å². The predicted octanol–water partition coefficient (Wildman–Crippen LogP) is 3.09. The van der Waals surface area contributed by atoms with Crippen molar-refractivity contribution in [2.75, 3.05) is 6.54 Å². The van der Waals surface area contributed by atoms with Gasteiger partial charge in [-0.05, 0) is 51.0 Å². The first-order chi connectivity index (χ1) is 8.96. The summed E-state index contributed by atoms with van der Waals surface area (Å²) in [5.74, 6) is 0.894. The second-order valence-electron chi connectivity index (χ2n) is 6.33. The normalized spacial score (nSPS) is 17.2. The number of hydrogen-bond donors (Lipinski definition) is 2. The third kappa shape index (κ3) is 4.96. The first-order valence-electron chi connectivity index (χ1n) is 7.03. The highest BCUT2D eigenvalue weighted by Crippen LogP contribution is 2.42. The van der Waals surface area contributed by atoms with Crippen LogP contribution in [0.2, 0.25) is 0 Å². The summed E-state index contributed by atoms with van der Waals surface area (Å²) in [4.78, 5) is 13.2. The standard InChI is InChI=1S/C15H24N2OS/c1-15(2,3)17-13(18)8-9-16-14(11-6-7-11)12-5-4-10-19-12/h4-5,10-11,14,16H,6-9H2,1-3H3,(H,17,18). The van der Waals surface area contributed by atoms with Gasteiger partial charge in [-0.2, -0.15) is 0 Å². The first kappa shape index (κ1) is 14.5. The van der Waals surface area contributed by atoms with Crippen LogP contribution in [0.15, 0.2) is 17.5 Å². The van der Waals surface area contributed by atoms with E-state index in [1.165, 1.54) is 17.7 Å². The van der Waals surface area contributed by atoms with Crippen LogP contribution in [0.5, 0.6) is 0 Å². The molecule has 0 spiro atoms. The number of carbonyl (C=O) groups is 1. The van der Waals surface area contributed by atoms with Gasteiger partial charge >= 0.3 is 0 Å². The summed E-state index contributed by atoms with van der Waals surface area (Å²) < 4.78 is 0. The van der Waals surface area contributed by atoms with Crippen molar-refractivity contribution in [1.29, 1.82) is 0 Å². The Hall–Kier alpha value is -0.870. The molecule has 0 aliphatic heterocycles. The van der Waals surface area contributed by atoms with Crippen molar-refractivity contribution in [1.82, 2.24) is 10.6 Å². The molecule has 0 aromatic carbocycles. The molecular weight excluding hydrogens is 256 g/mol. The minimum Gasteiger partial charge on any atom is -0.351 e. The Morgan fingerprint density at radius 1 is 1.47 bits per heavy atom. The van der Waals surface area contributed by atoms with Crippen molar-refractivity contribution < 1.29 is 4.79 Å². The lowest BCUT2D eigenvalue weighted by molar-refractivity contribution is -0.122. The number of carbonyl (C=O) groups excluding carboxylic acids is 1. The van der Waals surface area contributed by atoms with E-state index in [9.17, 15) is 4.79 Å². The van der Waals surface area contributed by atoms with Crippen molar-refractivity contribution in [3.05, 3.63) is 22.4 Å². The summed E-state index contributed by atoms with van der Waals surface area (Å²) in [6.07, 6.45) is 3.17. The Morgan fingerprint density at radius 3 is 2.74 bits per heavy atom. The number of rotatable bonds is 6. The van der Waals surface area contributed by atoms with Gasteiger partial charge in [0.05, 0.1) is 0 Å². The third-order valence-electron chi connectivity index (χ3n) is 3.17. The van der Waals surface area contributed by atoms with Gasteiger partial charge in [0.2, 0.25) is 5.91 Å². The molecule has 1 saturated carbocycles. The van der Waals surface area contributed by atoms with Crippen LogP contribution in [0.4, 0.5) is 0 Å². The summed E-state index contributed by atoms with van der Waals surface area (Å²) in [5.41, 5.74) is -0.138. The lowest BCUT2D eigenvalue weighted by Gasteiger charge is -2.21. The molecule has 0 radical (unpaired) electrons. The number of nitrogens with one attached hydrogen (secondary N) is 2. The molecule has 19 heavy (non-hydrogen) atoms. The highest BCUT2D eigenvalue weighted by molar-refractivity contribution is 7.10. The monoisotopic (exact) mass is 280 g/mol. The Labute approximate surface area is 119 Å². The average Bonchev–Trinajstić information content (AvgIpc) is 2.97. The molecular formula is C15H24N2OS. The summed E-state index contributed by atoms with van der Waals surface area (Å²) in [6, 6.07) is 4.74. The van der Waals surface area contributed by atoms with E-state index in [2.05, 4.69) is 28.1 Å². The van der Waals surface area contributed by atoms with Crippen LogP contribution in [0.1, 0.15) is 51.0 Å². The lowest BCUT2D eigenvalue weighted by Crippen LogP contribution is -2.41. The molecule has 1 heterocycles. The Kier molecular flexibility index (Phi) is 4.63. The quantitative estimate of drug-likeness (QED) is 0.840. The van der Waals surface area contributed by atoms with Gasteiger partial charge in [-0.15, -0.1) is 11.3 Å². The number of thiophene rings is 1. The van der Waals surface area contributed by atoms with Crippen LogP contribution >= 0.6 is 11.3 Å². The molecule has 1 unspecified atom stereocenters. The zero-order valence-corrected chi connectivity index (χ0v) is 12.8. The van der Waals surface area contributed by atoms with E-state index in [0.717, 1.165) is 12.5 Å². The smallest absolute Gasteiger partial charge is 0.221 e. The van der Waals surface area contributed by atoms with Crippen molar-refractivity contribution in [3.63, 3.8) is 0 Å². The molecule has 2 rings (SSSR count). The fourth-order valence-corrected chi connectivity index (χ4v) is 3.11. The van der Waals surface area contributed by atoms with Gasteiger partial charge in [-0.25, -0.2) is 0 Å². The van der Waals surface area contributed by atoms with E-state index in [1.54, 1.807) is 11.3 Å². The van der Waals surface area contributed by atoms with Crippen LogP contribution in [-0.4, -0.2) is 18.0 Å². The topological polar surface area (TPSA) is 41.1 Å². The van der Waals surface area contributed by atoms with E-state index in [0.29, 0.717) is 12.5 Å². The molecule has 1 amide bonds. The molecule has 0 bridgehead atoms. The minimum atomic E-state index is -0.138. The maximum absolute atomic E-state index is 11.8. The SMILES string of the molecule is CC(C)(C)NC(=O)CCNC(c1cccs1)C1CC1. The van der Waals surface area contributed by atoms with Crippen LogP contribution in [0.3, 0.4) is 0 Å². The predicted molar refractivity (Wildman–Crippen MR) is 80.3 cm³/mol. The maximum Gasteiger partial charge on any atom is 0.221 e. The molecule has 1 fully saturated rings. The van der Waals surface area contributed by atoms with Crippen LogP contribution in [0.25, 0.3) is 0 Å². The van der Waals surface area contributed by atoms with Crippen LogP contribution in [0, 0.1) is 5.92 Å². The second kappa shape index (κ2) is 6.06. The number of amides is 1. The molecule has 3 nitrogen and oxygen atoms in total. The molecule has 4 heteroatoms. The molecule has 1 aliphatic carbocycles. The van der Waals surface area contributed by atoms with E-state index in [-0.39, 0.29) is 11.4 Å². The summed E-state index contributed by atoms with van der Waals surface area (Å²) in [6.45, 7) is 6.78. The minimum absolute atomic E-state index is 0.126. The Bertz CT molecular complexity index is 404. The fourth-order valence-electron chi connectivity index (χ4n) is 2.22. The summed E-state index contributed by atoms with van der Waals surface area (Å²) in [7, 11) is 0. The molecule has 0 saturated heterocycles.